The lowest BCUT2D eigenvalue weighted by molar-refractivity contribution is -0.129. The lowest BCUT2D eigenvalue weighted by Crippen LogP contribution is -2.52. The highest BCUT2D eigenvalue weighted by Crippen LogP contribution is 2.31. The van der Waals surface area contributed by atoms with Gasteiger partial charge in [-0.05, 0) is 68.3 Å². The van der Waals surface area contributed by atoms with Gasteiger partial charge in [-0.2, -0.15) is 0 Å². The van der Waals surface area contributed by atoms with Crippen LogP contribution in [-0.2, 0) is 14.8 Å². The van der Waals surface area contributed by atoms with E-state index in [1.54, 1.807) is 35.2 Å². The van der Waals surface area contributed by atoms with E-state index >= 15 is 0 Å². The molecule has 0 unspecified atom stereocenters. The molecule has 0 atom stereocenters. The molecule has 3 aromatic rings. The molecule has 3 aromatic carbocycles. The molecule has 9 heteroatoms. The highest BCUT2D eigenvalue weighted by molar-refractivity contribution is 7.92. The van der Waals surface area contributed by atoms with E-state index in [0.29, 0.717) is 31.2 Å². The van der Waals surface area contributed by atoms with E-state index in [1.165, 1.54) is 28.9 Å². The Hall–Kier alpha value is -2.74. The monoisotopic (exact) mass is 545 g/mol. The van der Waals surface area contributed by atoms with E-state index in [-0.39, 0.29) is 28.1 Å². The summed E-state index contributed by atoms with van der Waals surface area (Å²) >= 11 is 12.3. The Balaban J connectivity index is 1.56. The fourth-order valence-electron chi connectivity index (χ4n) is 4.29. The predicted octanol–water partition coefficient (Wildman–Crippen LogP) is 5.46. The number of sulfonamides is 1. The Morgan fingerprint density at radius 3 is 2.19 bits per heavy atom. The topological polar surface area (TPSA) is 60.9 Å². The second-order valence-corrected chi connectivity index (χ2v) is 11.7. The standard InChI is InChI=1S/C27H29Cl2N3O3S/c1-19-7-10-23(11-8-19)36(34,35)32(22-9-12-24(28)25(29)17-22)18-27(33)31-15-13-30(14-16-31)26-6-4-5-20(2)21(26)3/h4-12,17H,13-16,18H2,1-3H3. The average Bonchev–Trinajstić information content (AvgIpc) is 2.86. The Bertz CT molecular complexity index is 1370. The van der Waals surface area contributed by atoms with E-state index in [4.69, 9.17) is 23.2 Å². The minimum absolute atomic E-state index is 0.103. The lowest BCUT2D eigenvalue weighted by atomic mass is 10.1. The van der Waals surface area contributed by atoms with Crippen LogP contribution in [0.2, 0.25) is 10.0 Å². The van der Waals surface area contributed by atoms with Gasteiger partial charge < -0.3 is 9.80 Å². The molecule has 1 aliphatic heterocycles. The van der Waals surface area contributed by atoms with Gasteiger partial charge in [0.25, 0.3) is 10.0 Å². The van der Waals surface area contributed by atoms with Gasteiger partial charge in [0.1, 0.15) is 6.54 Å². The first-order valence-electron chi connectivity index (χ1n) is 11.7. The summed E-state index contributed by atoms with van der Waals surface area (Å²) in [4.78, 5) is 17.5. The normalized spacial score (nSPS) is 14.1. The van der Waals surface area contributed by atoms with Crippen LogP contribution in [0.3, 0.4) is 0 Å². The van der Waals surface area contributed by atoms with Gasteiger partial charge in [-0.25, -0.2) is 8.42 Å². The van der Waals surface area contributed by atoms with Crippen molar-refractivity contribution in [1.29, 1.82) is 0 Å². The van der Waals surface area contributed by atoms with E-state index < -0.39 is 10.0 Å². The second-order valence-electron chi connectivity index (χ2n) is 9.01. The summed E-state index contributed by atoms with van der Waals surface area (Å²) < 4.78 is 28.4. The molecule has 0 aliphatic carbocycles. The molecule has 0 spiro atoms. The molecule has 0 radical (unpaired) electrons. The largest absolute Gasteiger partial charge is 0.368 e. The number of benzene rings is 3. The maximum Gasteiger partial charge on any atom is 0.264 e. The van der Waals surface area contributed by atoms with Crippen molar-refractivity contribution in [3.8, 4) is 0 Å². The van der Waals surface area contributed by atoms with Crippen LogP contribution in [-0.4, -0.2) is 51.9 Å². The molecule has 0 bridgehead atoms. The molecule has 6 nitrogen and oxygen atoms in total. The molecule has 36 heavy (non-hydrogen) atoms. The van der Waals surface area contributed by atoms with E-state index in [1.807, 2.05) is 13.0 Å². The third-order valence-corrected chi connectivity index (χ3v) is 9.16. The molecule has 1 fully saturated rings. The Labute approximate surface area is 223 Å². The van der Waals surface area contributed by atoms with Crippen LogP contribution in [0.1, 0.15) is 16.7 Å². The molecule has 1 heterocycles. The van der Waals surface area contributed by atoms with Crippen molar-refractivity contribution in [2.45, 2.75) is 25.7 Å². The quantitative estimate of drug-likeness (QED) is 0.412. The molecule has 1 saturated heterocycles. The van der Waals surface area contributed by atoms with Gasteiger partial charge in [-0.3, -0.25) is 9.10 Å². The number of amides is 1. The summed E-state index contributed by atoms with van der Waals surface area (Å²) in [7, 11) is -4.02. The van der Waals surface area contributed by atoms with E-state index in [2.05, 4.69) is 30.9 Å². The van der Waals surface area contributed by atoms with E-state index in [0.717, 1.165) is 9.87 Å². The van der Waals surface area contributed by atoms with Crippen molar-refractivity contribution in [1.82, 2.24) is 4.90 Å². The van der Waals surface area contributed by atoms with Crippen LogP contribution >= 0.6 is 23.2 Å². The van der Waals surface area contributed by atoms with Crippen molar-refractivity contribution in [2.24, 2.45) is 0 Å². The highest BCUT2D eigenvalue weighted by atomic mass is 35.5. The molecule has 0 N–H and O–H groups in total. The smallest absolute Gasteiger partial charge is 0.264 e. The van der Waals surface area contributed by atoms with Gasteiger partial charge in [-0.1, -0.05) is 53.0 Å². The number of rotatable bonds is 6. The van der Waals surface area contributed by atoms with Gasteiger partial charge in [0.2, 0.25) is 5.91 Å². The fourth-order valence-corrected chi connectivity index (χ4v) is 5.99. The first-order chi connectivity index (χ1) is 17.1. The summed E-state index contributed by atoms with van der Waals surface area (Å²) in [5, 5.41) is 0.523. The maximum atomic E-state index is 13.6. The highest BCUT2D eigenvalue weighted by Gasteiger charge is 2.31. The number of halogens is 2. The van der Waals surface area contributed by atoms with Crippen LogP contribution < -0.4 is 9.21 Å². The summed E-state index contributed by atoms with van der Waals surface area (Å²) in [6.07, 6.45) is 0. The molecular formula is C27H29Cl2N3O3S. The maximum absolute atomic E-state index is 13.6. The lowest BCUT2D eigenvalue weighted by Gasteiger charge is -2.38. The Morgan fingerprint density at radius 2 is 1.56 bits per heavy atom. The van der Waals surface area contributed by atoms with Gasteiger partial charge in [0, 0.05) is 31.9 Å². The number of carbonyl (C=O) groups excluding carboxylic acids is 1. The van der Waals surface area contributed by atoms with Gasteiger partial charge in [0.05, 0.1) is 20.6 Å². The van der Waals surface area contributed by atoms with Crippen molar-refractivity contribution >= 4 is 50.5 Å². The van der Waals surface area contributed by atoms with Gasteiger partial charge in [0.15, 0.2) is 0 Å². The number of piperazine rings is 1. The zero-order valence-corrected chi connectivity index (χ0v) is 22.9. The van der Waals surface area contributed by atoms with Crippen molar-refractivity contribution in [2.75, 3.05) is 41.9 Å². The minimum Gasteiger partial charge on any atom is -0.368 e. The van der Waals surface area contributed by atoms with Crippen LogP contribution in [0.15, 0.2) is 65.6 Å². The predicted molar refractivity (Wildman–Crippen MR) is 147 cm³/mol. The zero-order chi connectivity index (χ0) is 26.0. The molecule has 190 valence electrons. The number of hydrogen-bond acceptors (Lipinski definition) is 4. The van der Waals surface area contributed by atoms with Crippen molar-refractivity contribution in [3.63, 3.8) is 0 Å². The number of hydrogen-bond donors (Lipinski definition) is 0. The van der Waals surface area contributed by atoms with Crippen LogP contribution in [0.5, 0.6) is 0 Å². The van der Waals surface area contributed by atoms with Gasteiger partial charge in [-0.15, -0.1) is 0 Å². The van der Waals surface area contributed by atoms with Crippen molar-refractivity contribution < 1.29 is 13.2 Å². The summed E-state index contributed by atoms with van der Waals surface area (Å²) in [6, 6.07) is 17.3. The average molecular weight is 547 g/mol. The zero-order valence-electron chi connectivity index (χ0n) is 20.5. The second kappa shape index (κ2) is 10.7. The molecule has 0 aromatic heterocycles. The van der Waals surface area contributed by atoms with Crippen LogP contribution in [0, 0.1) is 20.8 Å². The molecule has 0 saturated carbocycles. The first-order valence-corrected chi connectivity index (χ1v) is 13.9. The van der Waals surface area contributed by atoms with Crippen molar-refractivity contribution in [3.05, 3.63) is 87.4 Å². The summed E-state index contributed by atoms with van der Waals surface area (Å²) in [5.74, 6) is -0.266. The molecular weight excluding hydrogens is 517 g/mol. The minimum atomic E-state index is -4.02. The SMILES string of the molecule is Cc1ccc(S(=O)(=O)N(CC(=O)N2CCN(c3cccc(C)c3C)CC2)c2ccc(Cl)c(Cl)c2)cc1. The number of anilines is 2. The number of carbonyl (C=O) groups is 1. The Kier molecular flexibility index (Phi) is 7.83. The summed E-state index contributed by atoms with van der Waals surface area (Å²) in [6.45, 7) is 8.10. The number of aryl methyl sites for hydroxylation is 2. The first kappa shape index (κ1) is 26.3. The third kappa shape index (κ3) is 5.48. The fraction of sp³-hybridized carbons (Fsp3) is 0.296. The third-order valence-electron chi connectivity index (χ3n) is 6.63. The molecule has 4 rings (SSSR count). The molecule has 1 amide bonds. The number of nitrogens with zero attached hydrogens (tertiary/aromatic N) is 3. The van der Waals surface area contributed by atoms with Crippen LogP contribution in [0.4, 0.5) is 11.4 Å². The Morgan fingerprint density at radius 1 is 0.889 bits per heavy atom. The van der Waals surface area contributed by atoms with E-state index in [9.17, 15) is 13.2 Å². The molecule has 1 aliphatic rings. The summed E-state index contributed by atoms with van der Waals surface area (Å²) in [5.41, 5.74) is 4.85. The van der Waals surface area contributed by atoms with Gasteiger partial charge >= 0.3 is 0 Å². The van der Waals surface area contributed by atoms with Crippen LogP contribution in [0.25, 0.3) is 0 Å².